The van der Waals surface area contributed by atoms with Gasteiger partial charge in [0, 0.05) is 11.4 Å². The third kappa shape index (κ3) is 4.73. The summed E-state index contributed by atoms with van der Waals surface area (Å²) in [5, 5.41) is 22.5. The zero-order chi connectivity index (χ0) is 21.9. The SMILES string of the molecule is CCCn1c(C)nnc1SCC(=O)Nc1sc2c(c1C#N)CCC(C(C)(C)CC)C2. The Kier molecular flexibility index (Phi) is 7.25. The van der Waals surface area contributed by atoms with Crippen LogP contribution in [0, 0.1) is 29.6 Å². The number of thiophene rings is 1. The maximum atomic E-state index is 12.6. The molecule has 0 aliphatic heterocycles. The number of carbonyl (C=O) groups is 1. The lowest BCUT2D eigenvalue weighted by Gasteiger charge is -2.36. The maximum Gasteiger partial charge on any atom is 0.235 e. The number of anilines is 1. The quantitative estimate of drug-likeness (QED) is 0.565. The van der Waals surface area contributed by atoms with Crippen LogP contribution in [0.3, 0.4) is 0 Å². The van der Waals surface area contributed by atoms with Crippen LogP contribution in [0.25, 0.3) is 0 Å². The minimum atomic E-state index is -0.107. The molecule has 162 valence electrons. The van der Waals surface area contributed by atoms with Crippen molar-refractivity contribution in [2.45, 2.75) is 78.4 Å². The van der Waals surface area contributed by atoms with Crippen molar-refractivity contribution in [2.24, 2.45) is 11.3 Å². The van der Waals surface area contributed by atoms with Crippen molar-refractivity contribution in [3.8, 4) is 6.07 Å². The molecule has 3 rings (SSSR count). The third-order valence-corrected chi connectivity index (χ3v) is 8.46. The molecule has 2 aromatic rings. The summed E-state index contributed by atoms with van der Waals surface area (Å²) < 4.78 is 2.04. The topological polar surface area (TPSA) is 83.6 Å². The number of hydrogen-bond donors (Lipinski definition) is 1. The van der Waals surface area contributed by atoms with Gasteiger partial charge in [-0.15, -0.1) is 21.5 Å². The molecule has 1 amide bonds. The number of aromatic nitrogens is 3. The van der Waals surface area contributed by atoms with Crippen LogP contribution in [0.1, 0.15) is 68.8 Å². The Balaban J connectivity index is 1.69. The summed E-state index contributed by atoms with van der Waals surface area (Å²) in [5.74, 6) is 1.62. The normalized spacial score (nSPS) is 16.2. The average Bonchev–Trinajstić information content (AvgIpc) is 3.25. The van der Waals surface area contributed by atoms with Gasteiger partial charge in [-0.05, 0) is 49.5 Å². The predicted octanol–water partition coefficient (Wildman–Crippen LogP) is 5.20. The van der Waals surface area contributed by atoms with Gasteiger partial charge in [-0.25, -0.2) is 0 Å². The van der Waals surface area contributed by atoms with Crippen LogP contribution in [0.2, 0.25) is 0 Å². The van der Waals surface area contributed by atoms with Crippen LogP contribution in [0.15, 0.2) is 5.16 Å². The Labute approximate surface area is 187 Å². The number of amides is 1. The smallest absolute Gasteiger partial charge is 0.235 e. The Bertz CT molecular complexity index is 954. The summed E-state index contributed by atoms with van der Waals surface area (Å²) in [6.07, 6.45) is 5.16. The second-order valence-corrected chi connectivity index (χ2v) is 10.7. The molecule has 2 aromatic heterocycles. The van der Waals surface area contributed by atoms with Gasteiger partial charge in [-0.3, -0.25) is 4.79 Å². The molecule has 1 N–H and O–H groups in total. The van der Waals surface area contributed by atoms with E-state index in [-0.39, 0.29) is 11.7 Å². The number of thioether (sulfide) groups is 1. The first-order valence-electron chi connectivity index (χ1n) is 10.7. The number of carbonyl (C=O) groups excluding carboxylic acids is 1. The first kappa shape index (κ1) is 22.8. The van der Waals surface area contributed by atoms with Crippen LogP contribution in [0.5, 0.6) is 0 Å². The molecule has 0 bridgehead atoms. The van der Waals surface area contributed by atoms with E-state index in [2.05, 4.69) is 49.3 Å². The summed E-state index contributed by atoms with van der Waals surface area (Å²) in [7, 11) is 0. The van der Waals surface area contributed by atoms with Crippen molar-refractivity contribution in [1.82, 2.24) is 14.8 Å². The minimum Gasteiger partial charge on any atom is -0.316 e. The van der Waals surface area contributed by atoms with Crippen LogP contribution in [0.4, 0.5) is 5.00 Å². The lowest BCUT2D eigenvalue weighted by atomic mass is 9.69. The molecule has 0 fully saturated rings. The van der Waals surface area contributed by atoms with E-state index in [4.69, 9.17) is 0 Å². The summed E-state index contributed by atoms with van der Waals surface area (Å²) in [6.45, 7) is 11.8. The van der Waals surface area contributed by atoms with Gasteiger partial charge in [0.1, 0.15) is 16.9 Å². The Hall–Kier alpha value is -1.85. The summed E-state index contributed by atoms with van der Waals surface area (Å²) in [5.41, 5.74) is 2.10. The Morgan fingerprint density at radius 2 is 2.17 bits per heavy atom. The molecule has 0 spiro atoms. The first-order chi connectivity index (χ1) is 14.3. The van der Waals surface area contributed by atoms with Gasteiger partial charge in [0.25, 0.3) is 0 Å². The van der Waals surface area contributed by atoms with E-state index in [1.807, 2.05) is 11.5 Å². The molecular weight excluding hydrogens is 414 g/mol. The van der Waals surface area contributed by atoms with Gasteiger partial charge in [-0.2, -0.15) is 5.26 Å². The molecule has 6 nitrogen and oxygen atoms in total. The summed E-state index contributed by atoms with van der Waals surface area (Å²) in [6, 6.07) is 2.34. The standard InChI is InChI=1S/C22H31N5OS2/c1-6-10-27-14(3)25-26-21(27)29-13-19(28)24-20-17(12-23)16-9-8-15(11-18(16)30-20)22(4,5)7-2/h15H,6-11,13H2,1-5H3,(H,24,28). The van der Waals surface area contributed by atoms with E-state index < -0.39 is 0 Å². The van der Waals surface area contributed by atoms with Crippen molar-refractivity contribution < 1.29 is 4.79 Å². The highest BCUT2D eigenvalue weighted by Crippen LogP contribution is 2.45. The molecule has 0 radical (unpaired) electrons. The van der Waals surface area contributed by atoms with E-state index in [1.54, 1.807) is 11.3 Å². The van der Waals surface area contributed by atoms with Gasteiger partial charge in [0.2, 0.25) is 5.91 Å². The highest BCUT2D eigenvalue weighted by atomic mass is 32.2. The third-order valence-electron chi connectivity index (χ3n) is 6.33. The number of nitrogens with zero attached hydrogens (tertiary/aromatic N) is 4. The Morgan fingerprint density at radius 3 is 2.83 bits per heavy atom. The molecule has 1 aliphatic rings. The van der Waals surface area contributed by atoms with E-state index >= 15 is 0 Å². The van der Waals surface area contributed by atoms with Gasteiger partial charge >= 0.3 is 0 Å². The van der Waals surface area contributed by atoms with Crippen LogP contribution >= 0.6 is 23.1 Å². The zero-order valence-electron chi connectivity index (χ0n) is 18.5. The fourth-order valence-electron chi connectivity index (χ4n) is 3.99. The van der Waals surface area contributed by atoms with Crippen molar-refractivity contribution in [2.75, 3.05) is 11.1 Å². The van der Waals surface area contributed by atoms with Crippen molar-refractivity contribution >= 4 is 34.0 Å². The number of nitriles is 1. The second kappa shape index (κ2) is 9.52. The van der Waals surface area contributed by atoms with Crippen LogP contribution in [-0.4, -0.2) is 26.4 Å². The molecule has 1 aliphatic carbocycles. The predicted molar refractivity (Wildman–Crippen MR) is 123 cm³/mol. The molecule has 0 saturated carbocycles. The molecule has 2 heterocycles. The van der Waals surface area contributed by atoms with Gasteiger partial charge < -0.3 is 9.88 Å². The first-order valence-corrected chi connectivity index (χ1v) is 12.5. The number of nitrogens with one attached hydrogen (secondary N) is 1. The molecule has 0 aromatic carbocycles. The van der Waals surface area contributed by atoms with Crippen molar-refractivity contribution in [3.63, 3.8) is 0 Å². The largest absolute Gasteiger partial charge is 0.316 e. The van der Waals surface area contributed by atoms with E-state index in [1.165, 1.54) is 16.6 Å². The lowest BCUT2D eigenvalue weighted by Crippen LogP contribution is -2.28. The monoisotopic (exact) mass is 445 g/mol. The van der Waals surface area contributed by atoms with Crippen molar-refractivity contribution in [3.05, 3.63) is 21.8 Å². The van der Waals surface area contributed by atoms with E-state index in [9.17, 15) is 10.1 Å². The second-order valence-electron chi connectivity index (χ2n) is 8.62. The number of hydrogen-bond acceptors (Lipinski definition) is 6. The molecule has 30 heavy (non-hydrogen) atoms. The molecule has 1 unspecified atom stereocenters. The molecule has 0 saturated heterocycles. The zero-order valence-corrected chi connectivity index (χ0v) is 20.2. The molecular formula is C22H31N5OS2. The van der Waals surface area contributed by atoms with Gasteiger partial charge in [0.15, 0.2) is 5.16 Å². The van der Waals surface area contributed by atoms with Gasteiger partial charge in [0.05, 0.1) is 11.3 Å². The molecule has 1 atom stereocenters. The summed E-state index contributed by atoms with van der Waals surface area (Å²) >= 11 is 2.97. The highest BCUT2D eigenvalue weighted by molar-refractivity contribution is 7.99. The fourth-order valence-corrected chi connectivity index (χ4v) is 6.09. The van der Waals surface area contributed by atoms with Crippen molar-refractivity contribution in [1.29, 1.82) is 5.26 Å². The number of rotatable bonds is 8. The van der Waals surface area contributed by atoms with Crippen LogP contribution in [-0.2, 0) is 24.2 Å². The van der Waals surface area contributed by atoms with E-state index in [0.29, 0.717) is 21.9 Å². The van der Waals surface area contributed by atoms with Gasteiger partial charge in [-0.1, -0.05) is 45.9 Å². The van der Waals surface area contributed by atoms with E-state index in [0.717, 1.165) is 55.2 Å². The number of aryl methyl sites for hydroxylation is 1. The minimum absolute atomic E-state index is 0.107. The van der Waals surface area contributed by atoms with Crippen LogP contribution < -0.4 is 5.32 Å². The maximum absolute atomic E-state index is 12.6. The summed E-state index contributed by atoms with van der Waals surface area (Å²) in [4.78, 5) is 13.9. The Morgan fingerprint density at radius 1 is 1.40 bits per heavy atom. The number of fused-ring (bicyclic) bond motifs is 1. The molecule has 8 heteroatoms. The average molecular weight is 446 g/mol. The highest BCUT2D eigenvalue weighted by Gasteiger charge is 2.34. The lowest BCUT2D eigenvalue weighted by molar-refractivity contribution is -0.113. The fraction of sp³-hybridized carbons (Fsp3) is 0.636.